The normalized spacial score (nSPS) is 11.7. The lowest BCUT2D eigenvalue weighted by Crippen LogP contribution is -2.30. The molecule has 0 spiro atoms. The highest BCUT2D eigenvalue weighted by Gasteiger charge is 2.20. The van der Waals surface area contributed by atoms with Gasteiger partial charge in [-0.1, -0.05) is 17.7 Å². The van der Waals surface area contributed by atoms with E-state index >= 15 is 0 Å². The molecule has 2 N–H and O–H groups in total. The highest BCUT2D eigenvalue weighted by atomic mass is 79.9. The van der Waals surface area contributed by atoms with Gasteiger partial charge in [0.25, 0.3) is 0 Å². The summed E-state index contributed by atoms with van der Waals surface area (Å²) in [6.45, 7) is 0.873. The molecule has 0 aliphatic rings. The molecule has 4 nitrogen and oxygen atoms in total. The smallest absolute Gasteiger partial charge is 0.243 e. The Kier molecular flexibility index (Phi) is 5.20. The van der Waals surface area contributed by atoms with E-state index in [4.69, 9.17) is 11.6 Å². The van der Waals surface area contributed by atoms with Crippen LogP contribution in [0, 0.1) is 0 Å². The standard InChI is InChI=1S/C9H12BrClN2O2S/c1-12-5-6-13-16(14,15)9-7(10)3-2-4-8(9)11/h2-4,12-13H,5-6H2,1H3. The van der Waals surface area contributed by atoms with Crippen LogP contribution >= 0.6 is 27.5 Å². The summed E-state index contributed by atoms with van der Waals surface area (Å²) < 4.78 is 26.7. The van der Waals surface area contributed by atoms with E-state index in [1.807, 2.05) is 0 Å². The lowest BCUT2D eigenvalue weighted by atomic mass is 10.4. The minimum Gasteiger partial charge on any atom is -0.318 e. The molecular weight excluding hydrogens is 316 g/mol. The number of likely N-dealkylation sites (N-methyl/N-ethyl adjacent to an activating group) is 1. The van der Waals surface area contributed by atoms with Crippen molar-refractivity contribution in [1.82, 2.24) is 10.0 Å². The molecule has 0 bridgehead atoms. The van der Waals surface area contributed by atoms with Gasteiger partial charge in [-0.05, 0) is 35.1 Å². The van der Waals surface area contributed by atoms with Gasteiger partial charge in [-0.15, -0.1) is 0 Å². The molecule has 90 valence electrons. The fraction of sp³-hybridized carbons (Fsp3) is 0.333. The molecule has 7 heteroatoms. The fourth-order valence-electron chi connectivity index (χ4n) is 1.12. The summed E-state index contributed by atoms with van der Waals surface area (Å²) >= 11 is 9.03. The molecule has 0 amide bonds. The van der Waals surface area contributed by atoms with Crippen molar-refractivity contribution in [3.8, 4) is 0 Å². The molecule has 0 aliphatic carbocycles. The van der Waals surface area contributed by atoms with Gasteiger partial charge in [-0.2, -0.15) is 0 Å². The molecule has 0 aliphatic heterocycles. The molecule has 0 heterocycles. The van der Waals surface area contributed by atoms with E-state index in [1.165, 1.54) is 0 Å². The molecule has 0 saturated heterocycles. The van der Waals surface area contributed by atoms with Crippen LogP contribution in [0.3, 0.4) is 0 Å². The van der Waals surface area contributed by atoms with Crippen LogP contribution in [0.25, 0.3) is 0 Å². The van der Waals surface area contributed by atoms with Gasteiger partial charge in [0.2, 0.25) is 10.0 Å². The maximum Gasteiger partial charge on any atom is 0.243 e. The Hall–Kier alpha value is -0.140. The van der Waals surface area contributed by atoms with Crippen molar-refractivity contribution in [2.75, 3.05) is 20.1 Å². The Morgan fingerprint density at radius 3 is 2.62 bits per heavy atom. The van der Waals surface area contributed by atoms with Crippen molar-refractivity contribution in [2.24, 2.45) is 0 Å². The third kappa shape index (κ3) is 3.43. The molecule has 1 aromatic carbocycles. The summed E-state index contributed by atoms with van der Waals surface area (Å²) in [6.07, 6.45) is 0. The van der Waals surface area contributed by atoms with Crippen molar-refractivity contribution < 1.29 is 8.42 Å². The number of halogens is 2. The number of hydrogen-bond acceptors (Lipinski definition) is 3. The molecule has 0 atom stereocenters. The van der Waals surface area contributed by atoms with Crippen LogP contribution < -0.4 is 10.0 Å². The summed E-state index contributed by atoms with van der Waals surface area (Å²) in [6, 6.07) is 4.86. The molecule has 1 aromatic rings. The molecule has 16 heavy (non-hydrogen) atoms. The van der Waals surface area contributed by atoms with Crippen LogP contribution in [0.5, 0.6) is 0 Å². The van der Waals surface area contributed by atoms with Crippen molar-refractivity contribution in [2.45, 2.75) is 4.90 Å². The van der Waals surface area contributed by atoms with Gasteiger partial charge >= 0.3 is 0 Å². The lowest BCUT2D eigenvalue weighted by molar-refractivity contribution is 0.579. The number of benzene rings is 1. The summed E-state index contributed by atoms with van der Waals surface area (Å²) in [4.78, 5) is 0.0766. The van der Waals surface area contributed by atoms with Crippen molar-refractivity contribution in [3.63, 3.8) is 0 Å². The van der Waals surface area contributed by atoms with Gasteiger partial charge in [0, 0.05) is 17.6 Å². The third-order valence-corrected chi connectivity index (χ3v) is 4.77. The summed E-state index contributed by atoms with van der Waals surface area (Å²) in [5.74, 6) is 0. The topological polar surface area (TPSA) is 58.2 Å². The van der Waals surface area contributed by atoms with E-state index in [0.717, 1.165) is 0 Å². The zero-order chi connectivity index (χ0) is 12.2. The van der Waals surface area contributed by atoms with Crippen LogP contribution in [-0.4, -0.2) is 28.6 Å². The van der Waals surface area contributed by atoms with Gasteiger partial charge < -0.3 is 5.32 Å². The largest absolute Gasteiger partial charge is 0.318 e. The molecule has 0 radical (unpaired) electrons. The van der Waals surface area contributed by atoms with E-state index in [-0.39, 0.29) is 9.92 Å². The second-order valence-electron chi connectivity index (χ2n) is 3.05. The van der Waals surface area contributed by atoms with E-state index < -0.39 is 10.0 Å². The fourth-order valence-corrected chi connectivity index (χ4v) is 3.89. The van der Waals surface area contributed by atoms with Gasteiger partial charge in [0.1, 0.15) is 4.90 Å². The van der Waals surface area contributed by atoms with Gasteiger partial charge in [-0.3, -0.25) is 0 Å². The summed E-state index contributed by atoms with van der Waals surface area (Å²) in [5.41, 5.74) is 0. The minimum absolute atomic E-state index is 0.0766. The van der Waals surface area contributed by atoms with Crippen molar-refractivity contribution >= 4 is 37.6 Å². The highest BCUT2D eigenvalue weighted by Crippen LogP contribution is 2.28. The van der Waals surface area contributed by atoms with Gasteiger partial charge in [0.05, 0.1) is 5.02 Å². The zero-order valence-electron chi connectivity index (χ0n) is 8.63. The van der Waals surface area contributed by atoms with Gasteiger partial charge in [-0.25, -0.2) is 13.1 Å². The molecule has 0 aromatic heterocycles. The molecular formula is C9H12BrClN2O2S. The Morgan fingerprint density at radius 1 is 1.38 bits per heavy atom. The number of nitrogens with one attached hydrogen (secondary N) is 2. The van der Waals surface area contributed by atoms with Gasteiger partial charge in [0.15, 0.2) is 0 Å². The number of rotatable bonds is 5. The average Bonchev–Trinajstić information content (AvgIpc) is 2.17. The Balaban J connectivity index is 2.98. The maximum atomic E-state index is 11.9. The predicted octanol–water partition coefficient (Wildman–Crippen LogP) is 1.60. The van der Waals surface area contributed by atoms with Crippen LogP contribution in [0.2, 0.25) is 5.02 Å². The number of hydrogen-bond donors (Lipinski definition) is 2. The Labute approximate surface area is 109 Å². The summed E-state index contributed by atoms with van der Waals surface area (Å²) in [7, 11) is -1.81. The second kappa shape index (κ2) is 5.97. The molecule has 0 fully saturated rings. The first kappa shape index (κ1) is 13.9. The third-order valence-electron chi connectivity index (χ3n) is 1.85. The van der Waals surface area contributed by atoms with Crippen molar-refractivity contribution in [3.05, 3.63) is 27.7 Å². The quantitative estimate of drug-likeness (QED) is 0.808. The first-order chi connectivity index (χ1) is 7.49. The molecule has 1 rings (SSSR count). The van der Waals surface area contributed by atoms with E-state index in [1.54, 1.807) is 25.2 Å². The molecule has 0 unspecified atom stereocenters. The van der Waals surface area contributed by atoms with Crippen LogP contribution in [0.1, 0.15) is 0 Å². The average molecular weight is 328 g/mol. The van der Waals surface area contributed by atoms with Crippen LogP contribution in [-0.2, 0) is 10.0 Å². The minimum atomic E-state index is -3.56. The van der Waals surface area contributed by atoms with Crippen LogP contribution in [0.4, 0.5) is 0 Å². The highest BCUT2D eigenvalue weighted by molar-refractivity contribution is 9.10. The van der Waals surface area contributed by atoms with E-state index in [9.17, 15) is 8.42 Å². The second-order valence-corrected chi connectivity index (χ2v) is 6.02. The zero-order valence-corrected chi connectivity index (χ0v) is 11.8. The lowest BCUT2D eigenvalue weighted by Gasteiger charge is -2.09. The van der Waals surface area contributed by atoms with Crippen molar-refractivity contribution in [1.29, 1.82) is 0 Å². The Bertz CT molecular complexity index is 444. The maximum absolute atomic E-state index is 11.9. The SMILES string of the molecule is CNCCNS(=O)(=O)c1c(Cl)cccc1Br. The first-order valence-electron chi connectivity index (χ1n) is 4.57. The van der Waals surface area contributed by atoms with E-state index in [0.29, 0.717) is 17.6 Å². The predicted molar refractivity (Wildman–Crippen MR) is 68.3 cm³/mol. The van der Waals surface area contributed by atoms with E-state index in [2.05, 4.69) is 26.0 Å². The summed E-state index contributed by atoms with van der Waals surface area (Å²) in [5, 5.41) is 3.05. The van der Waals surface area contributed by atoms with Crippen LogP contribution in [0.15, 0.2) is 27.6 Å². The number of sulfonamides is 1. The Morgan fingerprint density at radius 2 is 2.06 bits per heavy atom. The monoisotopic (exact) mass is 326 g/mol. The first-order valence-corrected chi connectivity index (χ1v) is 7.22. The molecule has 0 saturated carbocycles.